The van der Waals surface area contributed by atoms with Crippen LogP contribution in [0.4, 0.5) is 0 Å². The van der Waals surface area contributed by atoms with E-state index in [0.717, 1.165) is 19.3 Å². The second-order valence-corrected chi connectivity index (χ2v) is 20.9. The molecule has 0 aromatic heterocycles. The molecule has 0 bridgehead atoms. The van der Waals surface area contributed by atoms with E-state index in [1.807, 2.05) is 6.92 Å². The highest BCUT2D eigenvalue weighted by atomic mass is 16.8. The summed E-state index contributed by atoms with van der Waals surface area (Å²) in [6.45, 7) is 9.86. The van der Waals surface area contributed by atoms with E-state index in [2.05, 4.69) is 0 Å². The summed E-state index contributed by atoms with van der Waals surface area (Å²) in [6.07, 6.45) is -27.0. The van der Waals surface area contributed by atoms with Gasteiger partial charge in [-0.1, -0.05) is 26.2 Å². The molecule has 6 aliphatic heterocycles. The van der Waals surface area contributed by atoms with Crippen LogP contribution in [0.5, 0.6) is 0 Å². The Hall–Kier alpha value is -1.45. The summed E-state index contributed by atoms with van der Waals surface area (Å²) in [4.78, 5) is 11.2. The van der Waals surface area contributed by atoms with Gasteiger partial charge in [-0.05, 0) is 60.3 Å². The minimum Gasteiger partial charge on any atom is -0.481 e. The summed E-state index contributed by atoms with van der Waals surface area (Å²) < 4.78 is 78.4. The van der Waals surface area contributed by atoms with Gasteiger partial charge in [0.2, 0.25) is 0 Å². The summed E-state index contributed by atoms with van der Waals surface area (Å²) in [6, 6.07) is 0. The van der Waals surface area contributed by atoms with Gasteiger partial charge in [0.25, 0.3) is 0 Å². The number of aliphatic carboxylic acids is 1. The smallest absolute Gasteiger partial charge is 0.305 e. The minimum absolute atomic E-state index is 0.0278. The van der Waals surface area contributed by atoms with Gasteiger partial charge in [0.05, 0.1) is 80.2 Å². The van der Waals surface area contributed by atoms with Gasteiger partial charge in [-0.3, -0.25) is 4.79 Å². The molecule has 6 fully saturated rings. The standard InChI is InChI=1S/C49H86O25/c1-8-9-10-13-27(14-11-12-26(50)15-34(55)56)69-49-46(41(60)39(58)33(71-49)20-63-47-31(54)16-32(21(2)67-47)70-48-42(61)40(59)38(57)22(3)68-48)74-37-19-30(53)45(25(6)66-37)73-36-18-29(52)44(24(5)65-36)72-35-17-28(51)43(62-7)23(4)64-35/h21-33,35-54,57-61H,8-20H2,1-7H3,(H,55,56). The molecule has 25 nitrogen and oxygen atoms in total. The fourth-order valence-electron chi connectivity index (χ4n) is 10.6. The predicted molar refractivity (Wildman–Crippen MR) is 250 cm³/mol. The Bertz CT molecular complexity index is 1620. The maximum Gasteiger partial charge on any atom is 0.305 e. The van der Waals surface area contributed by atoms with Crippen LogP contribution in [0.2, 0.25) is 0 Å². The van der Waals surface area contributed by atoms with Crippen LogP contribution in [-0.4, -0.2) is 248 Å². The third-order valence-corrected chi connectivity index (χ3v) is 14.9. The highest BCUT2D eigenvalue weighted by Crippen LogP contribution is 2.36. The second-order valence-electron chi connectivity index (χ2n) is 20.9. The molecule has 0 saturated carbocycles. The molecule has 6 saturated heterocycles. The third kappa shape index (κ3) is 16.3. The molecule has 28 unspecified atom stereocenters. The number of aliphatic hydroxyl groups excluding tert-OH is 10. The first-order chi connectivity index (χ1) is 35.1. The van der Waals surface area contributed by atoms with Gasteiger partial charge in [0.1, 0.15) is 67.1 Å². The van der Waals surface area contributed by atoms with Crippen LogP contribution in [0.1, 0.15) is 119 Å². The van der Waals surface area contributed by atoms with Crippen LogP contribution in [0, 0.1) is 0 Å². The number of aliphatic hydroxyl groups is 10. The molecule has 0 radical (unpaired) electrons. The molecule has 25 heteroatoms. The number of unbranched alkanes of at least 4 members (excludes halogenated alkanes) is 2. The molecule has 28 atom stereocenters. The molecule has 11 N–H and O–H groups in total. The van der Waals surface area contributed by atoms with Gasteiger partial charge in [-0.25, -0.2) is 0 Å². The lowest BCUT2D eigenvalue weighted by Gasteiger charge is -2.47. The molecule has 0 spiro atoms. The number of carboxylic acids is 1. The Balaban J connectivity index is 1.08. The Kier molecular flexibility index (Phi) is 23.9. The van der Waals surface area contributed by atoms with Crippen LogP contribution in [-0.2, 0) is 66.4 Å². The van der Waals surface area contributed by atoms with Gasteiger partial charge in [0.15, 0.2) is 37.7 Å². The molecule has 74 heavy (non-hydrogen) atoms. The number of methoxy groups -OCH3 is 1. The molecule has 432 valence electrons. The van der Waals surface area contributed by atoms with Crippen LogP contribution in [0.25, 0.3) is 0 Å². The molecule has 0 aromatic rings. The van der Waals surface area contributed by atoms with Gasteiger partial charge in [0, 0.05) is 32.8 Å². The van der Waals surface area contributed by atoms with Crippen molar-refractivity contribution in [3.05, 3.63) is 0 Å². The number of hydrogen-bond donors (Lipinski definition) is 11. The van der Waals surface area contributed by atoms with Crippen LogP contribution >= 0.6 is 0 Å². The van der Waals surface area contributed by atoms with Crippen molar-refractivity contribution in [2.75, 3.05) is 13.7 Å². The normalized spacial score (nSPS) is 46.2. The van der Waals surface area contributed by atoms with Crippen molar-refractivity contribution >= 4 is 5.97 Å². The zero-order valence-corrected chi connectivity index (χ0v) is 43.5. The van der Waals surface area contributed by atoms with Gasteiger partial charge >= 0.3 is 5.97 Å². The largest absolute Gasteiger partial charge is 0.481 e. The Morgan fingerprint density at radius 3 is 1.61 bits per heavy atom. The third-order valence-electron chi connectivity index (χ3n) is 14.9. The topological polar surface area (TPSA) is 360 Å². The van der Waals surface area contributed by atoms with E-state index in [4.69, 9.17) is 61.6 Å². The number of hydrogen-bond acceptors (Lipinski definition) is 24. The van der Waals surface area contributed by atoms with Crippen molar-refractivity contribution in [3.63, 3.8) is 0 Å². The van der Waals surface area contributed by atoms with Crippen LogP contribution in [0.15, 0.2) is 0 Å². The van der Waals surface area contributed by atoms with Crippen molar-refractivity contribution in [2.45, 2.75) is 291 Å². The fourth-order valence-corrected chi connectivity index (χ4v) is 10.6. The van der Waals surface area contributed by atoms with Gasteiger partial charge < -0.3 is 118 Å². The van der Waals surface area contributed by atoms with Crippen molar-refractivity contribution < 1.29 is 123 Å². The number of rotatable bonds is 24. The maximum atomic E-state index is 11.8. The molecule has 6 aliphatic rings. The predicted octanol–water partition coefficient (Wildman–Crippen LogP) is -1.21. The lowest BCUT2D eigenvalue weighted by atomic mass is 9.97. The quantitative estimate of drug-likeness (QED) is 0.0505. The van der Waals surface area contributed by atoms with Crippen LogP contribution < -0.4 is 0 Å². The Morgan fingerprint density at radius 1 is 0.527 bits per heavy atom. The number of carboxylic acid groups (broad SMARTS) is 1. The summed E-state index contributed by atoms with van der Waals surface area (Å²) in [5.41, 5.74) is 0. The van der Waals surface area contributed by atoms with E-state index in [1.165, 1.54) is 14.0 Å². The molecule has 0 aliphatic carbocycles. The van der Waals surface area contributed by atoms with Gasteiger partial charge in [-0.2, -0.15) is 0 Å². The first-order valence-corrected chi connectivity index (χ1v) is 26.5. The Labute approximate surface area is 432 Å². The van der Waals surface area contributed by atoms with E-state index in [-0.39, 0.29) is 32.1 Å². The lowest BCUT2D eigenvalue weighted by molar-refractivity contribution is -0.369. The molecule has 6 heterocycles. The zero-order chi connectivity index (χ0) is 54.1. The van der Waals surface area contributed by atoms with E-state index in [1.54, 1.807) is 27.7 Å². The SMILES string of the molecule is CCCCCC(CCCC(O)CC(=O)O)OC1OC(COC2OC(C)C(OC3OC(C)C(O)C(O)C3O)CC2O)C(O)C(O)C1OC1CC(O)C(OC2CC(O)C(OC3CC(O)C(OC)C(C)O3)C(C)O2)C(C)O1. The minimum atomic E-state index is -1.70. The fraction of sp³-hybridized carbons (Fsp3) is 0.980. The van der Waals surface area contributed by atoms with Crippen LogP contribution in [0.3, 0.4) is 0 Å². The maximum absolute atomic E-state index is 11.8. The van der Waals surface area contributed by atoms with Crippen molar-refractivity contribution in [3.8, 4) is 0 Å². The first-order valence-electron chi connectivity index (χ1n) is 26.5. The second kappa shape index (κ2) is 28.6. The van der Waals surface area contributed by atoms with Gasteiger partial charge in [-0.15, -0.1) is 0 Å². The summed E-state index contributed by atoms with van der Waals surface area (Å²) in [7, 11) is 1.49. The monoisotopic (exact) mass is 1070 g/mol. The number of ether oxygens (including phenoxy) is 13. The van der Waals surface area contributed by atoms with Crippen molar-refractivity contribution in [1.29, 1.82) is 0 Å². The van der Waals surface area contributed by atoms with Crippen molar-refractivity contribution in [2.24, 2.45) is 0 Å². The Morgan fingerprint density at radius 2 is 1.07 bits per heavy atom. The molecule has 0 aromatic carbocycles. The summed E-state index contributed by atoms with van der Waals surface area (Å²) >= 11 is 0. The van der Waals surface area contributed by atoms with E-state index < -0.39 is 191 Å². The average molecular weight is 1080 g/mol. The molecular formula is C49H86O25. The van der Waals surface area contributed by atoms with E-state index >= 15 is 0 Å². The zero-order valence-electron chi connectivity index (χ0n) is 43.5. The van der Waals surface area contributed by atoms with E-state index in [9.17, 15) is 61.0 Å². The molecular weight excluding hydrogens is 989 g/mol. The molecule has 6 rings (SSSR count). The van der Waals surface area contributed by atoms with E-state index in [0.29, 0.717) is 19.3 Å². The summed E-state index contributed by atoms with van der Waals surface area (Å²) in [5.74, 6) is -1.13. The highest BCUT2D eigenvalue weighted by Gasteiger charge is 2.52. The van der Waals surface area contributed by atoms with Crippen molar-refractivity contribution in [1.82, 2.24) is 0 Å². The number of carbonyl (C=O) groups is 1. The molecule has 0 amide bonds. The lowest BCUT2D eigenvalue weighted by Crippen LogP contribution is -2.63. The average Bonchev–Trinajstić information content (AvgIpc) is 3.32. The summed E-state index contributed by atoms with van der Waals surface area (Å²) in [5, 5.41) is 118. The first kappa shape index (κ1) is 61.8. The highest BCUT2D eigenvalue weighted by molar-refractivity contribution is 5.67.